The van der Waals surface area contributed by atoms with Crippen LogP contribution in [0.3, 0.4) is 0 Å². The molecule has 0 N–H and O–H groups in total. The molecule has 0 saturated heterocycles. The molecule has 0 radical (unpaired) electrons. The fourth-order valence-corrected chi connectivity index (χ4v) is 4.17. The molecule has 0 aromatic heterocycles. The smallest absolute Gasteiger partial charge is 0.148 e. The number of benzene rings is 3. The average Bonchev–Trinajstić information content (AvgIpc) is 2.72. The van der Waals surface area contributed by atoms with E-state index in [4.69, 9.17) is 4.74 Å². The van der Waals surface area contributed by atoms with Gasteiger partial charge in [-0.25, -0.2) is 4.39 Å². The van der Waals surface area contributed by atoms with Gasteiger partial charge in [0.25, 0.3) is 0 Å². The van der Waals surface area contributed by atoms with Crippen molar-refractivity contribution in [2.45, 2.75) is 6.61 Å². The van der Waals surface area contributed by atoms with Crippen LogP contribution in [-0.2, 0) is 6.61 Å². The number of nitriles is 2. The van der Waals surface area contributed by atoms with Gasteiger partial charge in [0, 0.05) is 11.1 Å². The third-order valence-corrected chi connectivity index (χ3v) is 5.30. The van der Waals surface area contributed by atoms with Crippen molar-refractivity contribution >= 4 is 43.5 Å². The van der Waals surface area contributed by atoms with Gasteiger partial charge in [0.2, 0.25) is 0 Å². The van der Waals surface area contributed by atoms with Crippen molar-refractivity contribution in [3.8, 4) is 17.9 Å². The van der Waals surface area contributed by atoms with Gasteiger partial charge in [0.15, 0.2) is 0 Å². The molecule has 0 saturated carbocycles. The van der Waals surface area contributed by atoms with Crippen LogP contribution in [0.15, 0.2) is 69.6 Å². The lowest BCUT2D eigenvalue weighted by Gasteiger charge is -2.12. The molecule has 3 aromatic rings. The molecule has 6 heteroatoms. The average molecular weight is 512 g/mol. The minimum Gasteiger partial charge on any atom is -0.486 e. The summed E-state index contributed by atoms with van der Waals surface area (Å²) >= 11 is 6.97. The maximum atomic E-state index is 14.0. The van der Waals surface area contributed by atoms with E-state index in [1.54, 1.807) is 48.5 Å². The Balaban J connectivity index is 1.89. The van der Waals surface area contributed by atoms with E-state index in [-0.39, 0.29) is 17.7 Å². The first kappa shape index (κ1) is 20.8. The molecule has 0 fully saturated rings. The van der Waals surface area contributed by atoms with Gasteiger partial charge in [-0.3, -0.25) is 0 Å². The molecule has 0 aliphatic rings. The lowest BCUT2D eigenvalue weighted by Crippen LogP contribution is -1.99. The predicted molar refractivity (Wildman–Crippen MR) is 117 cm³/mol. The first-order valence-electron chi connectivity index (χ1n) is 8.50. The second-order valence-electron chi connectivity index (χ2n) is 6.02. The molecule has 3 aromatic carbocycles. The second kappa shape index (κ2) is 9.52. The number of ether oxygens (including phenoxy) is 1. The topological polar surface area (TPSA) is 56.8 Å². The minimum atomic E-state index is -0.449. The zero-order chi connectivity index (χ0) is 20.8. The summed E-state index contributed by atoms with van der Waals surface area (Å²) in [5.74, 6) is 0.119. The molecule has 0 spiro atoms. The number of hydrogen-bond donors (Lipinski definition) is 0. The molecule has 0 bridgehead atoms. The number of allylic oxidation sites excluding steroid dienone is 1. The molecule has 3 rings (SSSR count). The maximum absolute atomic E-state index is 14.0. The quantitative estimate of drug-likeness (QED) is 0.277. The summed E-state index contributed by atoms with van der Waals surface area (Å²) in [5, 5.41) is 18.7. The third-order valence-electron chi connectivity index (χ3n) is 4.13. The van der Waals surface area contributed by atoms with E-state index in [0.29, 0.717) is 25.8 Å². The van der Waals surface area contributed by atoms with Crippen LogP contribution in [0.4, 0.5) is 4.39 Å². The summed E-state index contributed by atoms with van der Waals surface area (Å²) in [6.45, 7) is 0.231. The van der Waals surface area contributed by atoms with E-state index in [1.165, 1.54) is 6.07 Å². The molecule has 0 amide bonds. The fraction of sp³-hybridized carbons (Fsp3) is 0.0435. The Kier molecular flexibility index (Phi) is 6.82. The lowest BCUT2D eigenvalue weighted by molar-refractivity contribution is 0.302. The Bertz CT molecular complexity index is 1150. The summed E-state index contributed by atoms with van der Waals surface area (Å²) < 4.78 is 21.2. The summed E-state index contributed by atoms with van der Waals surface area (Å²) in [5.41, 5.74) is 2.51. The summed E-state index contributed by atoms with van der Waals surface area (Å²) in [4.78, 5) is 0. The van der Waals surface area contributed by atoms with Gasteiger partial charge in [0.05, 0.1) is 32.2 Å². The van der Waals surface area contributed by atoms with Crippen molar-refractivity contribution < 1.29 is 9.13 Å². The highest BCUT2D eigenvalue weighted by molar-refractivity contribution is 9.11. The van der Waals surface area contributed by atoms with E-state index >= 15 is 0 Å². The van der Waals surface area contributed by atoms with E-state index in [2.05, 4.69) is 37.9 Å². The molecule has 0 unspecified atom stereocenters. The van der Waals surface area contributed by atoms with Crippen LogP contribution in [0.2, 0.25) is 0 Å². The molecule has 0 aliphatic heterocycles. The summed E-state index contributed by atoms with van der Waals surface area (Å²) in [6, 6.07) is 21.2. The van der Waals surface area contributed by atoms with Crippen LogP contribution >= 0.6 is 31.9 Å². The predicted octanol–water partition coefficient (Wildman–Crippen LogP) is 6.87. The largest absolute Gasteiger partial charge is 0.486 e. The monoisotopic (exact) mass is 510 g/mol. The van der Waals surface area contributed by atoms with Crippen LogP contribution in [0.1, 0.15) is 22.3 Å². The molecular formula is C23H13Br2FN2O. The summed E-state index contributed by atoms with van der Waals surface area (Å²) in [6.07, 6.45) is 1.61. The van der Waals surface area contributed by atoms with Crippen LogP contribution in [0.5, 0.6) is 5.75 Å². The number of halogens is 3. The van der Waals surface area contributed by atoms with Gasteiger partial charge in [0.1, 0.15) is 18.2 Å². The molecule has 0 heterocycles. The van der Waals surface area contributed by atoms with Crippen molar-refractivity contribution in [3.63, 3.8) is 0 Å². The highest BCUT2D eigenvalue weighted by Crippen LogP contribution is 2.36. The molecule has 3 nitrogen and oxygen atoms in total. The lowest BCUT2D eigenvalue weighted by atomic mass is 10.0. The zero-order valence-corrected chi connectivity index (χ0v) is 18.2. The van der Waals surface area contributed by atoms with Gasteiger partial charge in [-0.2, -0.15) is 10.5 Å². The van der Waals surface area contributed by atoms with Crippen LogP contribution < -0.4 is 4.74 Å². The first-order chi connectivity index (χ1) is 14.0. The van der Waals surface area contributed by atoms with Crippen LogP contribution in [0.25, 0.3) is 11.6 Å². The minimum absolute atomic E-state index is 0.221. The number of rotatable bonds is 5. The number of hydrogen-bond acceptors (Lipinski definition) is 3. The van der Waals surface area contributed by atoms with Crippen LogP contribution in [0, 0.1) is 28.5 Å². The van der Waals surface area contributed by atoms with Gasteiger partial charge in [-0.1, -0.05) is 36.4 Å². The second-order valence-corrected chi connectivity index (χ2v) is 7.73. The zero-order valence-electron chi connectivity index (χ0n) is 15.0. The van der Waals surface area contributed by atoms with Gasteiger partial charge < -0.3 is 4.74 Å². The Morgan fingerprint density at radius 1 is 1.00 bits per heavy atom. The Hall–Kier alpha value is -2.93. The Morgan fingerprint density at radius 3 is 2.31 bits per heavy atom. The van der Waals surface area contributed by atoms with Gasteiger partial charge >= 0.3 is 0 Å². The normalized spacial score (nSPS) is 10.9. The molecule has 0 atom stereocenters. The van der Waals surface area contributed by atoms with Crippen molar-refractivity contribution in [2.75, 3.05) is 0 Å². The van der Waals surface area contributed by atoms with Crippen molar-refractivity contribution in [1.29, 1.82) is 10.5 Å². The Morgan fingerprint density at radius 2 is 1.66 bits per heavy atom. The van der Waals surface area contributed by atoms with E-state index < -0.39 is 5.82 Å². The maximum Gasteiger partial charge on any atom is 0.148 e. The van der Waals surface area contributed by atoms with E-state index in [1.807, 2.05) is 18.2 Å². The van der Waals surface area contributed by atoms with Crippen LogP contribution in [-0.4, -0.2) is 0 Å². The number of nitrogens with zero attached hydrogens (tertiary/aromatic N) is 2. The molecule has 29 heavy (non-hydrogen) atoms. The molecular weight excluding hydrogens is 499 g/mol. The highest BCUT2D eigenvalue weighted by Gasteiger charge is 2.12. The van der Waals surface area contributed by atoms with Gasteiger partial charge in [-0.05, 0) is 67.8 Å². The SMILES string of the molecule is N#C/C(=C/c1cc(Br)c(OCc2ccccc2C#N)c(Br)c1)c1ccccc1F. The van der Waals surface area contributed by atoms with Crippen molar-refractivity contribution in [2.24, 2.45) is 0 Å². The van der Waals surface area contributed by atoms with Crippen molar-refractivity contribution in [3.05, 3.63) is 97.7 Å². The molecule has 142 valence electrons. The first-order valence-corrected chi connectivity index (χ1v) is 10.1. The van der Waals surface area contributed by atoms with Crippen molar-refractivity contribution in [1.82, 2.24) is 0 Å². The molecule has 0 aliphatic carbocycles. The van der Waals surface area contributed by atoms with Gasteiger partial charge in [-0.15, -0.1) is 0 Å². The van der Waals surface area contributed by atoms with E-state index in [9.17, 15) is 14.9 Å². The summed E-state index contributed by atoms with van der Waals surface area (Å²) in [7, 11) is 0. The standard InChI is InChI=1S/C23H13Br2FN2O/c24-20-10-15(9-18(13-28)19-7-3-4-8-22(19)26)11-21(25)23(20)29-14-17-6-2-1-5-16(17)12-27/h1-11H,14H2/b18-9-. The fourth-order valence-electron chi connectivity index (χ4n) is 2.72. The van der Waals surface area contributed by atoms with E-state index in [0.717, 1.165) is 5.56 Å². The Labute approximate surface area is 184 Å². The highest BCUT2D eigenvalue weighted by atomic mass is 79.9. The third kappa shape index (κ3) is 4.92.